The Morgan fingerprint density at radius 2 is 1.93 bits per heavy atom. The molecule has 2 aromatic heterocycles. The molecule has 1 aliphatic heterocycles. The molecule has 0 bridgehead atoms. The number of carbonyl (C=O) groups is 3. The fraction of sp³-hybridized carbons (Fsp3) is 0.222. The van der Waals surface area contributed by atoms with E-state index < -0.39 is 18.0 Å². The first-order valence-corrected chi connectivity index (χ1v) is 13.6. The molecule has 13 nitrogen and oxygen atoms in total. The van der Waals surface area contributed by atoms with E-state index in [1.807, 2.05) is 0 Å². The smallest absolute Gasteiger partial charge is 0.411 e. The molecule has 5 rings (SSSR count). The van der Waals surface area contributed by atoms with Crippen molar-refractivity contribution < 1.29 is 19.1 Å². The number of halogens is 2. The van der Waals surface area contributed by atoms with Gasteiger partial charge in [-0.15, -0.1) is 5.10 Å². The number of benzene rings is 2. The molecular weight excluding hydrogens is 585 g/mol. The van der Waals surface area contributed by atoms with Crippen LogP contribution in [0, 0.1) is 0 Å². The Kier molecular flexibility index (Phi) is 8.79. The van der Waals surface area contributed by atoms with Gasteiger partial charge in [-0.1, -0.05) is 35.3 Å². The van der Waals surface area contributed by atoms with Crippen molar-refractivity contribution in [1.82, 2.24) is 40.4 Å². The number of methoxy groups -OCH3 is 1. The summed E-state index contributed by atoms with van der Waals surface area (Å²) < 4.78 is 6.06. The number of anilines is 1. The van der Waals surface area contributed by atoms with Gasteiger partial charge >= 0.3 is 6.09 Å². The van der Waals surface area contributed by atoms with Gasteiger partial charge < -0.3 is 19.9 Å². The van der Waals surface area contributed by atoms with Crippen molar-refractivity contribution in [1.29, 1.82) is 0 Å². The maximum absolute atomic E-state index is 13.1. The normalized spacial score (nSPS) is 13.5. The van der Waals surface area contributed by atoms with Crippen LogP contribution < -0.4 is 10.6 Å². The van der Waals surface area contributed by atoms with Crippen molar-refractivity contribution >= 4 is 52.9 Å². The minimum absolute atomic E-state index is 0.0160. The molecule has 4 aromatic rings. The number of nitrogens with one attached hydrogen (secondary N) is 3. The zero-order valence-corrected chi connectivity index (χ0v) is 23.8. The van der Waals surface area contributed by atoms with Crippen molar-refractivity contribution in [3.63, 3.8) is 0 Å². The third kappa shape index (κ3) is 6.75. The average molecular weight is 610 g/mol. The molecule has 15 heteroatoms. The van der Waals surface area contributed by atoms with Gasteiger partial charge in [0, 0.05) is 41.0 Å². The highest BCUT2D eigenvalue weighted by Crippen LogP contribution is 2.30. The van der Waals surface area contributed by atoms with E-state index in [9.17, 15) is 14.4 Å². The number of aromatic nitrogens is 6. The Balaban J connectivity index is 1.37. The third-order valence-corrected chi connectivity index (χ3v) is 7.01. The SMILES string of the molecule is COC(=O)Nc1ccc(-c2nc([C@H](CC(=O)N3CCC3)NC(=O)/C=C/c3cc(Cl)ccc3-n3cnnn3)[nH]c2Cl)cc1. The first kappa shape index (κ1) is 28.8. The van der Waals surface area contributed by atoms with Gasteiger partial charge in [0.15, 0.2) is 0 Å². The van der Waals surface area contributed by atoms with Crippen LogP contribution in [0.5, 0.6) is 0 Å². The van der Waals surface area contributed by atoms with Crippen molar-refractivity contribution in [2.75, 3.05) is 25.5 Å². The number of rotatable bonds is 9. The van der Waals surface area contributed by atoms with Crippen LogP contribution in [0.2, 0.25) is 10.2 Å². The highest BCUT2D eigenvalue weighted by atomic mass is 35.5. The summed E-state index contributed by atoms with van der Waals surface area (Å²) in [6, 6.07) is 11.1. The molecule has 42 heavy (non-hydrogen) atoms. The summed E-state index contributed by atoms with van der Waals surface area (Å²) in [5.41, 5.74) is 2.83. The summed E-state index contributed by atoms with van der Waals surface area (Å²) in [6.45, 7) is 1.34. The minimum atomic E-state index is -0.792. The van der Waals surface area contributed by atoms with Crippen molar-refractivity contribution in [2.45, 2.75) is 18.9 Å². The Morgan fingerprint density at radius 1 is 1.14 bits per heavy atom. The number of H-pyrrole nitrogens is 1. The predicted octanol–water partition coefficient (Wildman–Crippen LogP) is 4.03. The van der Waals surface area contributed by atoms with Crippen LogP contribution in [0.15, 0.2) is 54.9 Å². The summed E-state index contributed by atoms with van der Waals surface area (Å²) >= 11 is 12.7. The van der Waals surface area contributed by atoms with E-state index in [4.69, 9.17) is 23.2 Å². The van der Waals surface area contributed by atoms with E-state index in [1.165, 1.54) is 24.2 Å². The molecule has 3 amide bonds. The summed E-state index contributed by atoms with van der Waals surface area (Å²) in [6.07, 6.45) is 4.67. The van der Waals surface area contributed by atoms with Crippen LogP contribution in [-0.2, 0) is 14.3 Å². The van der Waals surface area contributed by atoms with E-state index >= 15 is 0 Å². The van der Waals surface area contributed by atoms with Crippen LogP contribution in [0.25, 0.3) is 23.0 Å². The third-order valence-electron chi connectivity index (χ3n) is 6.50. The zero-order chi connectivity index (χ0) is 29.6. The number of ether oxygens (including phenoxy) is 1. The Hall–Kier alpha value is -4.75. The second kappa shape index (κ2) is 12.8. The summed E-state index contributed by atoms with van der Waals surface area (Å²) in [4.78, 5) is 46.8. The Bertz CT molecular complexity index is 1620. The number of nitrogens with zero attached hydrogens (tertiary/aromatic N) is 6. The molecule has 3 heterocycles. The molecule has 1 saturated heterocycles. The van der Waals surface area contributed by atoms with Gasteiger partial charge in [-0.2, -0.15) is 4.68 Å². The number of likely N-dealkylation sites (tertiary alicyclic amines) is 1. The number of amides is 3. The molecule has 1 atom stereocenters. The van der Waals surface area contributed by atoms with E-state index in [2.05, 4.69) is 40.9 Å². The number of tetrazole rings is 1. The average Bonchev–Trinajstić information content (AvgIpc) is 3.61. The lowest BCUT2D eigenvalue weighted by molar-refractivity contribution is -0.135. The topological polar surface area (TPSA) is 160 Å². The first-order valence-electron chi connectivity index (χ1n) is 12.8. The number of imidazole rings is 1. The first-order chi connectivity index (χ1) is 20.3. The van der Waals surface area contributed by atoms with Crippen molar-refractivity contribution in [2.24, 2.45) is 0 Å². The number of hydrogen-bond donors (Lipinski definition) is 3. The number of carbonyl (C=O) groups excluding carboxylic acids is 3. The van der Waals surface area contributed by atoms with Gasteiger partial charge in [0.1, 0.15) is 23.0 Å². The molecule has 0 spiro atoms. The molecular formula is C27H25Cl2N9O4. The molecule has 0 aliphatic carbocycles. The van der Waals surface area contributed by atoms with E-state index in [1.54, 1.807) is 53.4 Å². The van der Waals surface area contributed by atoms with Gasteiger partial charge in [0.2, 0.25) is 11.8 Å². The van der Waals surface area contributed by atoms with Gasteiger partial charge in [0.25, 0.3) is 0 Å². The molecule has 0 saturated carbocycles. The maximum atomic E-state index is 13.1. The van der Waals surface area contributed by atoms with Crippen LogP contribution in [0.3, 0.4) is 0 Å². The molecule has 1 fully saturated rings. The van der Waals surface area contributed by atoms with Crippen molar-refractivity contribution in [3.05, 3.63) is 76.4 Å². The molecule has 1 aliphatic rings. The van der Waals surface area contributed by atoms with Crippen LogP contribution >= 0.6 is 23.2 Å². The Labute approximate surface area is 249 Å². The lowest BCUT2D eigenvalue weighted by atomic mass is 10.1. The highest BCUT2D eigenvalue weighted by molar-refractivity contribution is 6.32. The maximum Gasteiger partial charge on any atom is 0.411 e. The van der Waals surface area contributed by atoms with Gasteiger partial charge in [-0.3, -0.25) is 14.9 Å². The van der Waals surface area contributed by atoms with Gasteiger partial charge in [0.05, 0.1) is 25.3 Å². The van der Waals surface area contributed by atoms with E-state index in [0.29, 0.717) is 52.1 Å². The van der Waals surface area contributed by atoms with Gasteiger partial charge in [-0.05, 0) is 53.3 Å². The zero-order valence-electron chi connectivity index (χ0n) is 22.3. The molecule has 0 radical (unpaired) electrons. The summed E-state index contributed by atoms with van der Waals surface area (Å²) in [5, 5.41) is 17.3. The van der Waals surface area contributed by atoms with Gasteiger partial charge in [-0.25, -0.2) is 9.78 Å². The van der Waals surface area contributed by atoms with E-state index in [-0.39, 0.29) is 17.5 Å². The second-order valence-electron chi connectivity index (χ2n) is 9.27. The van der Waals surface area contributed by atoms with Crippen LogP contribution in [0.1, 0.15) is 30.3 Å². The summed E-state index contributed by atoms with van der Waals surface area (Å²) in [5.74, 6) is -0.260. The quantitative estimate of drug-likeness (QED) is 0.240. The standard InChI is InChI=1S/C27H25Cl2N9O4/c1-42-27(41)31-19-7-3-16(4-8-19)24-25(29)34-26(33-24)20(14-23(40)37-11-2-12-37)32-22(39)10-5-17-13-18(28)6-9-21(17)38-15-30-35-36-38/h3-10,13,15,20H,2,11-12,14H2,1H3,(H,31,41)(H,32,39)(H,33,34)/b10-5+/t20-/m0/s1. The van der Waals surface area contributed by atoms with Crippen LogP contribution in [-0.4, -0.2) is 73.2 Å². The van der Waals surface area contributed by atoms with E-state index in [0.717, 1.165) is 6.42 Å². The lowest BCUT2D eigenvalue weighted by Gasteiger charge is -2.32. The summed E-state index contributed by atoms with van der Waals surface area (Å²) in [7, 11) is 1.28. The monoisotopic (exact) mass is 609 g/mol. The number of aromatic amines is 1. The Morgan fingerprint density at radius 3 is 2.60 bits per heavy atom. The molecule has 0 unspecified atom stereocenters. The fourth-order valence-corrected chi connectivity index (χ4v) is 4.64. The molecule has 2 aromatic carbocycles. The largest absolute Gasteiger partial charge is 0.453 e. The minimum Gasteiger partial charge on any atom is -0.453 e. The lowest BCUT2D eigenvalue weighted by Crippen LogP contribution is -2.44. The molecule has 216 valence electrons. The number of hydrogen-bond acceptors (Lipinski definition) is 8. The van der Waals surface area contributed by atoms with Crippen LogP contribution in [0.4, 0.5) is 10.5 Å². The predicted molar refractivity (Wildman–Crippen MR) is 155 cm³/mol. The highest BCUT2D eigenvalue weighted by Gasteiger charge is 2.27. The second-order valence-corrected chi connectivity index (χ2v) is 10.1. The van der Waals surface area contributed by atoms with Crippen molar-refractivity contribution in [3.8, 4) is 16.9 Å². The molecule has 3 N–H and O–H groups in total. The fourth-order valence-electron chi connectivity index (χ4n) is 4.22.